The van der Waals surface area contributed by atoms with Crippen LogP contribution < -0.4 is 10.9 Å². The zero-order valence-electron chi connectivity index (χ0n) is 12.9. The number of aryl methyl sites for hydroxylation is 2. The summed E-state index contributed by atoms with van der Waals surface area (Å²) in [4.78, 5) is 28.5. The van der Waals surface area contributed by atoms with Crippen LogP contribution in [0.5, 0.6) is 0 Å². The van der Waals surface area contributed by atoms with Crippen LogP contribution >= 0.6 is 0 Å². The number of aromatic nitrogens is 4. The molecule has 8 heteroatoms. The van der Waals surface area contributed by atoms with Crippen LogP contribution in [0.2, 0.25) is 0 Å². The minimum atomic E-state index is -0.247. The highest BCUT2D eigenvalue weighted by Gasteiger charge is 2.09. The van der Waals surface area contributed by atoms with Gasteiger partial charge in [-0.05, 0) is 18.2 Å². The Morgan fingerprint density at radius 2 is 2.25 bits per heavy atom. The fourth-order valence-electron chi connectivity index (χ4n) is 2.34. The molecule has 3 rings (SSSR count). The number of amides is 1. The van der Waals surface area contributed by atoms with Gasteiger partial charge in [0, 0.05) is 25.7 Å². The van der Waals surface area contributed by atoms with Crippen LogP contribution in [-0.2, 0) is 18.4 Å². The molecule has 8 nitrogen and oxygen atoms in total. The van der Waals surface area contributed by atoms with E-state index in [9.17, 15) is 9.59 Å². The summed E-state index contributed by atoms with van der Waals surface area (Å²) in [7, 11) is 1.71. The molecule has 1 amide bonds. The molecule has 0 spiro atoms. The number of rotatable bonds is 4. The number of benzene rings is 1. The molecule has 1 aromatic carbocycles. The number of nitrogens with zero attached hydrogens (tertiary/aromatic N) is 5. The van der Waals surface area contributed by atoms with Gasteiger partial charge in [0.15, 0.2) is 5.65 Å². The van der Waals surface area contributed by atoms with Crippen LogP contribution in [0.15, 0.2) is 41.6 Å². The topological polar surface area (TPSA) is 106 Å². The van der Waals surface area contributed by atoms with Gasteiger partial charge in [-0.15, -0.1) is 0 Å². The first-order chi connectivity index (χ1) is 11.6. The highest BCUT2D eigenvalue weighted by Crippen LogP contribution is 2.10. The number of nitriles is 1. The van der Waals surface area contributed by atoms with Gasteiger partial charge in [-0.25, -0.2) is 4.98 Å². The van der Waals surface area contributed by atoms with Gasteiger partial charge >= 0.3 is 0 Å². The highest BCUT2D eigenvalue weighted by atomic mass is 16.2. The third-order valence-electron chi connectivity index (χ3n) is 3.57. The van der Waals surface area contributed by atoms with Crippen LogP contribution in [0, 0.1) is 11.3 Å². The summed E-state index contributed by atoms with van der Waals surface area (Å²) in [5.41, 5.74) is 1.30. The molecule has 0 aliphatic rings. The van der Waals surface area contributed by atoms with E-state index in [1.165, 1.54) is 21.8 Å². The lowest BCUT2D eigenvalue weighted by atomic mass is 10.2. The Labute approximate surface area is 137 Å². The van der Waals surface area contributed by atoms with E-state index >= 15 is 0 Å². The third-order valence-corrected chi connectivity index (χ3v) is 3.57. The van der Waals surface area contributed by atoms with Crippen molar-refractivity contribution in [2.45, 2.75) is 13.0 Å². The van der Waals surface area contributed by atoms with Crippen LogP contribution in [0.3, 0.4) is 0 Å². The molecule has 2 aromatic heterocycles. The molecule has 1 N–H and O–H groups in total. The monoisotopic (exact) mass is 322 g/mol. The van der Waals surface area contributed by atoms with Gasteiger partial charge in [-0.2, -0.15) is 10.4 Å². The van der Waals surface area contributed by atoms with E-state index in [-0.39, 0.29) is 24.4 Å². The second-order valence-electron chi connectivity index (χ2n) is 5.24. The van der Waals surface area contributed by atoms with E-state index in [4.69, 9.17) is 5.26 Å². The average Bonchev–Trinajstić information content (AvgIpc) is 2.96. The van der Waals surface area contributed by atoms with E-state index in [1.54, 1.807) is 31.3 Å². The van der Waals surface area contributed by atoms with E-state index in [0.29, 0.717) is 22.3 Å². The fourth-order valence-corrected chi connectivity index (χ4v) is 2.34. The lowest BCUT2D eigenvalue weighted by Gasteiger charge is -2.07. The van der Waals surface area contributed by atoms with Gasteiger partial charge in [0.05, 0.1) is 24.2 Å². The van der Waals surface area contributed by atoms with Crippen molar-refractivity contribution in [3.8, 4) is 6.07 Å². The predicted molar refractivity (Wildman–Crippen MR) is 87.2 cm³/mol. The van der Waals surface area contributed by atoms with Crippen molar-refractivity contribution in [2.24, 2.45) is 7.05 Å². The average molecular weight is 322 g/mol. The number of carbonyl (C=O) groups is 1. The van der Waals surface area contributed by atoms with Crippen LogP contribution in [0.4, 0.5) is 5.69 Å². The number of anilines is 1. The molecule has 24 heavy (non-hydrogen) atoms. The minimum Gasteiger partial charge on any atom is -0.326 e. The lowest BCUT2D eigenvalue weighted by Crippen LogP contribution is -2.23. The Balaban J connectivity index is 1.69. The Bertz CT molecular complexity index is 1010. The van der Waals surface area contributed by atoms with Gasteiger partial charge in [-0.1, -0.05) is 6.07 Å². The summed E-state index contributed by atoms with van der Waals surface area (Å²) < 4.78 is 2.91. The van der Waals surface area contributed by atoms with E-state index in [2.05, 4.69) is 15.4 Å². The number of hydrogen-bond donors (Lipinski definition) is 1. The van der Waals surface area contributed by atoms with Crippen LogP contribution in [-0.4, -0.2) is 25.2 Å². The summed E-state index contributed by atoms with van der Waals surface area (Å²) in [6.45, 7) is 0.209. The molecule has 0 saturated heterocycles. The quantitative estimate of drug-likeness (QED) is 0.772. The summed E-state index contributed by atoms with van der Waals surface area (Å²) in [5, 5.41) is 16.0. The molecule has 0 aliphatic heterocycles. The Morgan fingerprint density at radius 3 is 3.04 bits per heavy atom. The van der Waals surface area contributed by atoms with Gasteiger partial charge in [0.25, 0.3) is 5.56 Å². The molecule has 0 unspecified atom stereocenters. The standard InChI is InChI=1S/C16H14N6O2/c1-21-15-13(9-19-21)16(24)22(10-18-15)6-5-14(23)20-12-4-2-3-11(7-12)8-17/h2-4,7,9-10H,5-6H2,1H3,(H,20,23). The number of hydrogen-bond acceptors (Lipinski definition) is 5. The maximum absolute atomic E-state index is 12.3. The molecule has 0 radical (unpaired) electrons. The molecular weight excluding hydrogens is 308 g/mol. The zero-order chi connectivity index (χ0) is 17.1. The molecule has 2 heterocycles. The SMILES string of the molecule is Cn1ncc2c(=O)n(CCC(=O)Nc3cccc(C#N)c3)cnc21. The molecule has 0 aliphatic carbocycles. The largest absolute Gasteiger partial charge is 0.326 e. The molecule has 3 aromatic rings. The maximum Gasteiger partial charge on any atom is 0.264 e. The zero-order valence-corrected chi connectivity index (χ0v) is 12.9. The van der Waals surface area contributed by atoms with E-state index in [0.717, 1.165) is 0 Å². The smallest absolute Gasteiger partial charge is 0.264 e. The minimum absolute atomic E-state index is 0.115. The highest BCUT2D eigenvalue weighted by molar-refractivity contribution is 5.90. The molecular formula is C16H14N6O2. The number of fused-ring (bicyclic) bond motifs is 1. The van der Waals surface area contributed by atoms with Crippen molar-refractivity contribution < 1.29 is 4.79 Å². The first-order valence-corrected chi connectivity index (χ1v) is 7.25. The van der Waals surface area contributed by atoms with Crippen LogP contribution in [0.25, 0.3) is 11.0 Å². The second-order valence-corrected chi connectivity index (χ2v) is 5.24. The summed E-state index contributed by atoms with van der Waals surface area (Å²) in [5.74, 6) is -0.247. The molecule has 0 fully saturated rings. The maximum atomic E-state index is 12.3. The first-order valence-electron chi connectivity index (χ1n) is 7.25. The van der Waals surface area contributed by atoms with Gasteiger partial charge in [-0.3, -0.25) is 18.8 Å². The van der Waals surface area contributed by atoms with Gasteiger partial charge in [0.2, 0.25) is 5.91 Å². The number of carbonyl (C=O) groups excluding carboxylic acids is 1. The summed E-state index contributed by atoms with van der Waals surface area (Å²) in [6, 6.07) is 8.66. The van der Waals surface area contributed by atoms with Gasteiger partial charge in [0.1, 0.15) is 5.39 Å². The number of nitrogens with one attached hydrogen (secondary N) is 1. The van der Waals surface area contributed by atoms with E-state index < -0.39 is 0 Å². The van der Waals surface area contributed by atoms with Crippen molar-refractivity contribution in [3.63, 3.8) is 0 Å². The summed E-state index contributed by atoms with van der Waals surface area (Å²) >= 11 is 0. The second kappa shape index (κ2) is 6.34. The fraction of sp³-hybridized carbons (Fsp3) is 0.188. The Hall–Kier alpha value is -3.47. The summed E-state index contributed by atoms with van der Waals surface area (Å²) in [6.07, 6.45) is 2.99. The van der Waals surface area contributed by atoms with E-state index in [1.807, 2.05) is 6.07 Å². The normalized spacial score (nSPS) is 10.5. The predicted octanol–water partition coefficient (Wildman–Crippen LogP) is 1.03. The molecule has 0 bridgehead atoms. The van der Waals surface area contributed by atoms with Crippen molar-refractivity contribution in [1.29, 1.82) is 5.26 Å². The first kappa shape index (κ1) is 15.4. The third kappa shape index (κ3) is 3.01. The van der Waals surface area contributed by atoms with Crippen molar-refractivity contribution in [1.82, 2.24) is 19.3 Å². The van der Waals surface area contributed by atoms with Crippen molar-refractivity contribution in [2.75, 3.05) is 5.32 Å². The molecule has 120 valence electrons. The lowest BCUT2D eigenvalue weighted by molar-refractivity contribution is -0.116. The Kier molecular flexibility index (Phi) is 4.07. The van der Waals surface area contributed by atoms with Crippen molar-refractivity contribution in [3.05, 3.63) is 52.7 Å². The van der Waals surface area contributed by atoms with Crippen LogP contribution in [0.1, 0.15) is 12.0 Å². The molecule has 0 saturated carbocycles. The molecule has 0 atom stereocenters. The van der Waals surface area contributed by atoms with Crippen molar-refractivity contribution >= 4 is 22.6 Å². The van der Waals surface area contributed by atoms with Gasteiger partial charge < -0.3 is 5.32 Å². The Morgan fingerprint density at radius 1 is 1.42 bits per heavy atom.